The van der Waals surface area contributed by atoms with Crippen molar-refractivity contribution in [3.8, 4) is 0 Å². The Bertz CT molecular complexity index is 89.1. The summed E-state index contributed by atoms with van der Waals surface area (Å²) in [6, 6.07) is 0. The van der Waals surface area contributed by atoms with E-state index in [-0.39, 0.29) is 5.66 Å². The Balaban J connectivity index is 2.36. The molecule has 0 aromatic heterocycles. The molecular weight excluding hydrogens is 112 g/mol. The molecule has 1 aliphatic carbocycles. The van der Waals surface area contributed by atoms with E-state index in [0.29, 0.717) is 0 Å². The van der Waals surface area contributed by atoms with Crippen molar-refractivity contribution in [2.45, 2.75) is 25.4 Å². The highest BCUT2D eigenvalue weighted by atomic mass is 15.2. The van der Waals surface area contributed by atoms with Gasteiger partial charge in [0, 0.05) is 0 Å². The fourth-order valence-corrected chi connectivity index (χ4v) is 1.66. The Kier molecular flexibility index (Phi) is 1.78. The molecule has 1 rings (SSSR count). The minimum Gasteiger partial charge on any atom is -0.302 e. The SMILES string of the molecule is CNC1(NC)CC(C)C1. The number of nitrogens with one attached hydrogen (secondary N) is 2. The second-order valence-corrected chi connectivity index (χ2v) is 3.10. The van der Waals surface area contributed by atoms with Crippen LogP contribution >= 0.6 is 0 Å². The minimum atomic E-state index is 0.277. The number of hydrogen-bond donors (Lipinski definition) is 2. The predicted molar refractivity (Wildman–Crippen MR) is 39.2 cm³/mol. The molecule has 1 fully saturated rings. The van der Waals surface area contributed by atoms with E-state index in [1.165, 1.54) is 12.8 Å². The van der Waals surface area contributed by atoms with Crippen molar-refractivity contribution in [2.24, 2.45) is 5.92 Å². The molecule has 0 spiro atoms. The average Bonchev–Trinajstić information content (AvgIpc) is 1.81. The number of rotatable bonds is 2. The van der Waals surface area contributed by atoms with E-state index in [2.05, 4.69) is 17.6 Å². The Labute approximate surface area is 57.0 Å². The molecule has 9 heavy (non-hydrogen) atoms. The molecule has 0 bridgehead atoms. The Morgan fingerprint density at radius 2 is 1.67 bits per heavy atom. The Hall–Kier alpha value is -0.0800. The smallest absolute Gasteiger partial charge is 0.0687 e. The summed E-state index contributed by atoms with van der Waals surface area (Å²) in [5, 5.41) is 6.57. The van der Waals surface area contributed by atoms with Crippen LogP contribution in [0.25, 0.3) is 0 Å². The first kappa shape index (κ1) is 7.03. The maximum atomic E-state index is 3.28. The van der Waals surface area contributed by atoms with Gasteiger partial charge in [0.25, 0.3) is 0 Å². The molecule has 0 saturated heterocycles. The van der Waals surface area contributed by atoms with E-state index < -0.39 is 0 Å². The maximum absolute atomic E-state index is 3.28. The predicted octanol–water partition coefficient (Wildman–Crippen LogP) is 0.551. The van der Waals surface area contributed by atoms with Crippen LogP contribution in [0.5, 0.6) is 0 Å². The van der Waals surface area contributed by atoms with Crippen LogP contribution in [0.2, 0.25) is 0 Å². The van der Waals surface area contributed by atoms with Gasteiger partial charge in [0.15, 0.2) is 0 Å². The largest absolute Gasteiger partial charge is 0.302 e. The van der Waals surface area contributed by atoms with E-state index in [1.807, 2.05) is 14.1 Å². The molecule has 0 atom stereocenters. The quantitative estimate of drug-likeness (QED) is 0.531. The third kappa shape index (κ3) is 1.10. The molecular formula is C7H16N2. The second kappa shape index (κ2) is 2.27. The summed E-state index contributed by atoms with van der Waals surface area (Å²) in [4.78, 5) is 0. The van der Waals surface area contributed by atoms with Gasteiger partial charge in [0.1, 0.15) is 0 Å². The van der Waals surface area contributed by atoms with Crippen LogP contribution in [0.15, 0.2) is 0 Å². The van der Waals surface area contributed by atoms with Gasteiger partial charge in [-0.3, -0.25) is 0 Å². The number of hydrogen-bond acceptors (Lipinski definition) is 2. The molecule has 1 saturated carbocycles. The fraction of sp³-hybridized carbons (Fsp3) is 1.00. The van der Waals surface area contributed by atoms with Crippen molar-refractivity contribution in [3.63, 3.8) is 0 Å². The zero-order valence-corrected chi connectivity index (χ0v) is 6.49. The summed E-state index contributed by atoms with van der Waals surface area (Å²) in [7, 11) is 4.03. The molecule has 54 valence electrons. The van der Waals surface area contributed by atoms with E-state index in [9.17, 15) is 0 Å². The van der Waals surface area contributed by atoms with Gasteiger partial charge in [0.2, 0.25) is 0 Å². The average molecular weight is 128 g/mol. The summed E-state index contributed by atoms with van der Waals surface area (Å²) >= 11 is 0. The second-order valence-electron chi connectivity index (χ2n) is 3.10. The van der Waals surface area contributed by atoms with Gasteiger partial charge in [-0.1, -0.05) is 6.92 Å². The molecule has 2 heteroatoms. The van der Waals surface area contributed by atoms with E-state index in [0.717, 1.165) is 5.92 Å². The lowest BCUT2D eigenvalue weighted by molar-refractivity contribution is 0.0962. The van der Waals surface area contributed by atoms with Crippen LogP contribution in [0, 0.1) is 5.92 Å². The van der Waals surface area contributed by atoms with Crippen LogP contribution in [0.4, 0.5) is 0 Å². The molecule has 0 unspecified atom stereocenters. The first-order chi connectivity index (χ1) is 4.22. The van der Waals surface area contributed by atoms with Gasteiger partial charge in [-0.25, -0.2) is 0 Å². The van der Waals surface area contributed by atoms with Crippen molar-refractivity contribution in [3.05, 3.63) is 0 Å². The van der Waals surface area contributed by atoms with Gasteiger partial charge in [0.05, 0.1) is 5.66 Å². The van der Waals surface area contributed by atoms with Gasteiger partial charge >= 0.3 is 0 Å². The van der Waals surface area contributed by atoms with Crippen LogP contribution in [-0.4, -0.2) is 19.8 Å². The molecule has 0 radical (unpaired) electrons. The van der Waals surface area contributed by atoms with Gasteiger partial charge in [-0.05, 0) is 32.9 Å². The molecule has 0 amide bonds. The van der Waals surface area contributed by atoms with Crippen molar-refractivity contribution in [1.82, 2.24) is 10.6 Å². The van der Waals surface area contributed by atoms with Crippen LogP contribution in [0.3, 0.4) is 0 Å². The van der Waals surface area contributed by atoms with Crippen molar-refractivity contribution >= 4 is 0 Å². The van der Waals surface area contributed by atoms with Crippen molar-refractivity contribution < 1.29 is 0 Å². The summed E-state index contributed by atoms with van der Waals surface area (Å²) in [5.74, 6) is 0.893. The molecule has 0 aromatic carbocycles. The zero-order valence-electron chi connectivity index (χ0n) is 6.49. The minimum absolute atomic E-state index is 0.277. The third-order valence-electron chi connectivity index (χ3n) is 2.35. The fourth-order valence-electron chi connectivity index (χ4n) is 1.66. The van der Waals surface area contributed by atoms with Crippen LogP contribution in [0.1, 0.15) is 19.8 Å². The lowest BCUT2D eigenvalue weighted by atomic mass is 9.76. The third-order valence-corrected chi connectivity index (χ3v) is 2.35. The maximum Gasteiger partial charge on any atom is 0.0687 e. The molecule has 2 nitrogen and oxygen atoms in total. The highest BCUT2D eigenvalue weighted by Crippen LogP contribution is 2.34. The van der Waals surface area contributed by atoms with Gasteiger partial charge in [-0.2, -0.15) is 0 Å². The van der Waals surface area contributed by atoms with Crippen LogP contribution in [-0.2, 0) is 0 Å². The van der Waals surface area contributed by atoms with E-state index >= 15 is 0 Å². The molecule has 2 N–H and O–H groups in total. The Morgan fingerprint density at radius 1 is 1.22 bits per heavy atom. The lowest BCUT2D eigenvalue weighted by Crippen LogP contribution is -2.61. The normalized spacial score (nSPS) is 25.7. The summed E-state index contributed by atoms with van der Waals surface area (Å²) in [5.41, 5.74) is 0.277. The summed E-state index contributed by atoms with van der Waals surface area (Å²) < 4.78 is 0. The van der Waals surface area contributed by atoms with Crippen molar-refractivity contribution in [2.75, 3.05) is 14.1 Å². The van der Waals surface area contributed by atoms with Crippen LogP contribution < -0.4 is 10.6 Å². The Morgan fingerprint density at radius 3 is 1.78 bits per heavy atom. The molecule has 1 aliphatic rings. The molecule has 0 aromatic rings. The topological polar surface area (TPSA) is 24.1 Å². The van der Waals surface area contributed by atoms with Crippen molar-refractivity contribution in [1.29, 1.82) is 0 Å². The van der Waals surface area contributed by atoms with Gasteiger partial charge in [-0.15, -0.1) is 0 Å². The van der Waals surface area contributed by atoms with E-state index in [4.69, 9.17) is 0 Å². The van der Waals surface area contributed by atoms with Gasteiger partial charge < -0.3 is 10.6 Å². The summed E-state index contributed by atoms with van der Waals surface area (Å²) in [6.07, 6.45) is 2.53. The molecule has 0 aliphatic heterocycles. The highest BCUT2D eigenvalue weighted by molar-refractivity contribution is 4.95. The monoisotopic (exact) mass is 128 g/mol. The zero-order chi connectivity index (χ0) is 6.91. The first-order valence-corrected chi connectivity index (χ1v) is 3.60. The standard InChI is InChI=1S/C7H16N2/c1-6-4-7(5-6,8-2)9-3/h6,8-9H,4-5H2,1-3H3. The van der Waals surface area contributed by atoms with E-state index in [1.54, 1.807) is 0 Å². The summed E-state index contributed by atoms with van der Waals surface area (Å²) in [6.45, 7) is 2.28. The highest BCUT2D eigenvalue weighted by Gasteiger charge is 2.38. The first-order valence-electron chi connectivity index (χ1n) is 3.60. The molecule has 0 heterocycles. The lowest BCUT2D eigenvalue weighted by Gasteiger charge is -2.46.